The molecule has 0 atom stereocenters. The number of nitriles is 1. The number of hydrogen-bond acceptors (Lipinski definition) is 7. The van der Waals surface area contributed by atoms with Crippen molar-refractivity contribution < 1.29 is 22.7 Å². The fraction of sp³-hybridized carbons (Fsp3) is 0.308. The van der Waals surface area contributed by atoms with E-state index in [1.54, 1.807) is 13.0 Å². The molecule has 0 bridgehead atoms. The zero-order valence-corrected chi connectivity index (χ0v) is 12.5. The number of nitrogens with zero attached hydrogens (tertiary/aromatic N) is 5. The number of halogens is 3. The predicted octanol–water partition coefficient (Wildman–Crippen LogP) is 1.83. The lowest BCUT2D eigenvalue weighted by atomic mass is 10.3. The van der Waals surface area contributed by atoms with Crippen LogP contribution in [0.1, 0.15) is 18.4 Å². The molecule has 0 radical (unpaired) electrons. The van der Waals surface area contributed by atoms with E-state index in [9.17, 15) is 18.0 Å². The van der Waals surface area contributed by atoms with Crippen molar-refractivity contribution in [2.45, 2.75) is 20.0 Å². The number of anilines is 1. The summed E-state index contributed by atoms with van der Waals surface area (Å²) in [6, 6.07) is 3.03. The molecule has 2 aromatic heterocycles. The third kappa shape index (κ3) is 3.60. The summed E-state index contributed by atoms with van der Waals surface area (Å²) in [7, 11) is 0. The molecular formula is C13H11F3N6O2. The number of rotatable bonds is 4. The predicted molar refractivity (Wildman–Crippen MR) is 74.5 cm³/mol. The van der Waals surface area contributed by atoms with Crippen LogP contribution in [0.2, 0.25) is 0 Å². The van der Waals surface area contributed by atoms with E-state index in [0.29, 0.717) is 5.69 Å². The highest BCUT2D eigenvalue weighted by Crippen LogP contribution is 2.26. The van der Waals surface area contributed by atoms with Crippen molar-refractivity contribution in [1.82, 2.24) is 19.6 Å². The molecule has 11 heteroatoms. The molecule has 2 aromatic rings. The largest absolute Gasteiger partial charge is 0.462 e. The molecule has 2 heterocycles. The molecule has 0 fully saturated rings. The van der Waals surface area contributed by atoms with Crippen molar-refractivity contribution >= 4 is 17.6 Å². The van der Waals surface area contributed by atoms with Crippen LogP contribution in [0.3, 0.4) is 0 Å². The van der Waals surface area contributed by atoms with E-state index in [1.807, 2.05) is 0 Å². The van der Waals surface area contributed by atoms with Gasteiger partial charge < -0.3 is 10.1 Å². The first-order chi connectivity index (χ1) is 11.3. The molecule has 0 saturated heterocycles. The van der Waals surface area contributed by atoms with E-state index < -0.39 is 18.0 Å². The van der Waals surface area contributed by atoms with Crippen molar-refractivity contribution in [3.63, 3.8) is 0 Å². The summed E-state index contributed by atoms with van der Waals surface area (Å²) in [5.74, 6) is -2.31. The number of nitrogens with one attached hydrogen (secondary N) is 1. The molecule has 0 spiro atoms. The Hall–Kier alpha value is -3.16. The molecule has 8 nitrogen and oxygen atoms in total. The van der Waals surface area contributed by atoms with Crippen LogP contribution in [0.5, 0.6) is 0 Å². The molecule has 0 amide bonds. The van der Waals surface area contributed by atoms with Gasteiger partial charge in [0.25, 0.3) is 11.6 Å². The molecule has 1 N–H and O–H groups in total. The number of fused-ring (bicyclic) bond motifs is 1. The number of carbonyl (C=O) groups is 1. The normalized spacial score (nSPS) is 12.1. The lowest BCUT2D eigenvalue weighted by Crippen LogP contribution is -2.08. The molecule has 24 heavy (non-hydrogen) atoms. The van der Waals surface area contributed by atoms with Crippen LogP contribution in [-0.2, 0) is 15.7 Å². The highest BCUT2D eigenvalue weighted by Gasteiger charge is 2.36. The SMILES string of the molecule is CCOC(=O)/C(C#N)=C/Nc1cc(C)n2nc(C(F)(F)F)nc2n1. The summed E-state index contributed by atoms with van der Waals surface area (Å²) in [5, 5.41) is 14.8. The van der Waals surface area contributed by atoms with Crippen LogP contribution < -0.4 is 5.32 Å². The summed E-state index contributed by atoms with van der Waals surface area (Å²) in [6.45, 7) is 3.19. The molecule has 0 saturated carbocycles. The molecule has 0 aliphatic carbocycles. The molecular weight excluding hydrogens is 329 g/mol. The van der Waals surface area contributed by atoms with E-state index in [0.717, 1.165) is 10.7 Å². The van der Waals surface area contributed by atoms with Gasteiger partial charge in [0.05, 0.1) is 6.61 Å². The van der Waals surface area contributed by atoms with Gasteiger partial charge in [-0.3, -0.25) is 0 Å². The number of aryl methyl sites for hydroxylation is 1. The Labute approximate surface area is 133 Å². The van der Waals surface area contributed by atoms with E-state index in [-0.39, 0.29) is 23.8 Å². The standard InChI is InChI=1S/C13H11F3N6O2/c1-3-24-10(23)8(5-17)6-18-9-4-7(2)22-12(19-9)20-11(21-22)13(14,15)16/h4,6H,3H2,1-2H3,(H,18,19,20,21)/b8-6+. The fourth-order valence-electron chi connectivity index (χ4n) is 1.70. The van der Waals surface area contributed by atoms with Gasteiger partial charge in [0.2, 0.25) is 0 Å². The second-order valence-electron chi connectivity index (χ2n) is 4.46. The summed E-state index contributed by atoms with van der Waals surface area (Å²) >= 11 is 0. The van der Waals surface area contributed by atoms with Crippen LogP contribution in [-0.4, -0.2) is 32.2 Å². The molecule has 126 valence electrons. The van der Waals surface area contributed by atoms with Crippen LogP contribution >= 0.6 is 0 Å². The second kappa shape index (κ2) is 6.53. The number of esters is 1. The van der Waals surface area contributed by atoms with Gasteiger partial charge in [-0.05, 0) is 13.8 Å². The quantitative estimate of drug-likeness (QED) is 0.514. The molecule has 0 unspecified atom stereocenters. The first-order valence-corrected chi connectivity index (χ1v) is 6.61. The van der Waals surface area contributed by atoms with Crippen molar-refractivity contribution in [3.05, 3.63) is 29.4 Å². The lowest BCUT2D eigenvalue weighted by molar-refractivity contribution is -0.144. The van der Waals surface area contributed by atoms with Crippen LogP contribution in [0.25, 0.3) is 5.78 Å². The topological polar surface area (TPSA) is 105 Å². The number of carbonyl (C=O) groups excluding carboxylic acids is 1. The van der Waals surface area contributed by atoms with Crippen molar-refractivity contribution in [3.8, 4) is 6.07 Å². The summed E-state index contributed by atoms with van der Waals surface area (Å²) in [4.78, 5) is 18.6. The van der Waals surface area contributed by atoms with Gasteiger partial charge >= 0.3 is 12.1 Å². The van der Waals surface area contributed by atoms with E-state index in [2.05, 4.69) is 25.1 Å². The summed E-state index contributed by atoms with van der Waals surface area (Å²) in [6.07, 6.45) is -3.64. The molecule has 0 aliphatic rings. The highest BCUT2D eigenvalue weighted by atomic mass is 19.4. The van der Waals surface area contributed by atoms with E-state index >= 15 is 0 Å². The van der Waals surface area contributed by atoms with Crippen molar-refractivity contribution in [2.75, 3.05) is 11.9 Å². The molecule has 0 aliphatic heterocycles. The minimum atomic E-state index is -4.69. The zero-order valence-electron chi connectivity index (χ0n) is 12.5. The molecule has 2 rings (SSSR count). The van der Waals surface area contributed by atoms with Gasteiger partial charge in [-0.1, -0.05) is 0 Å². The third-order valence-corrected chi connectivity index (χ3v) is 2.72. The van der Waals surface area contributed by atoms with Gasteiger partial charge in [0, 0.05) is 18.0 Å². The van der Waals surface area contributed by atoms with Gasteiger partial charge in [0.1, 0.15) is 11.9 Å². The van der Waals surface area contributed by atoms with Gasteiger partial charge in [0.15, 0.2) is 5.57 Å². The second-order valence-corrected chi connectivity index (χ2v) is 4.46. The number of hydrogen-bond donors (Lipinski definition) is 1. The number of alkyl halides is 3. The summed E-state index contributed by atoms with van der Waals surface area (Å²) in [5.41, 5.74) is 0.0159. The summed E-state index contributed by atoms with van der Waals surface area (Å²) < 4.78 is 43.5. The minimum Gasteiger partial charge on any atom is -0.462 e. The maximum absolute atomic E-state index is 12.6. The lowest BCUT2D eigenvalue weighted by Gasteiger charge is -2.04. The monoisotopic (exact) mass is 340 g/mol. The smallest absolute Gasteiger partial charge is 0.453 e. The minimum absolute atomic E-state index is 0.0955. The van der Waals surface area contributed by atoms with Crippen LogP contribution in [0, 0.1) is 18.3 Å². The van der Waals surface area contributed by atoms with Gasteiger partial charge in [-0.25, -0.2) is 9.31 Å². The zero-order chi connectivity index (χ0) is 17.9. The Kier molecular flexibility index (Phi) is 4.68. The van der Waals surface area contributed by atoms with Crippen LogP contribution in [0.15, 0.2) is 17.8 Å². The Morgan fingerprint density at radius 2 is 2.21 bits per heavy atom. The van der Waals surface area contributed by atoms with Gasteiger partial charge in [-0.15, -0.1) is 5.10 Å². The van der Waals surface area contributed by atoms with Crippen molar-refractivity contribution in [2.24, 2.45) is 0 Å². The Balaban J connectivity index is 2.34. The average molecular weight is 340 g/mol. The fourth-order valence-corrected chi connectivity index (χ4v) is 1.70. The Morgan fingerprint density at radius 3 is 2.79 bits per heavy atom. The maximum Gasteiger partial charge on any atom is 0.453 e. The third-order valence-electron chi connectivity index (χ3n) is 2.72. The Morgan fingerprint density at radius 1 is 1.50 bits per heavy atom. The van der Waals surface area contributed by atoms with Gasteiger partial charge in [-0.2, -0.15) is 28.4 Å². The average Bonchev–Trinajstić information content (AvgIpc) is 2.93. The first kappa shape index (κ1) is 17.2. The van der Waals surface area contributed by atoms with Crippen molar-refractivity contribution in [1.29, 1.82) is 5.26 Å². The Bertz CT molecular complexity index is 850. The highest BCUT2D eigenvalue weighted by molar-refractivity contribution is 5.93. The number of aromatic nitrogens is 4. The van der Waals surface area contributed by atoms with Crippen LogP contribution in [0.4, 0.5) is 19.0 Å². The van der Waals surface area contributed by atoms with E-state index in [4.69, 9.17) is 5.26 Å². The molecule has 0 aromatic carbocycles. The van der Waals surface area contributed by atoms with E-state index in [1.165, 1.54) is 13.0 Å². The number of ether oxygens (including phenoxy) is 1. The first-order valence-electron chi connectivity index (χ1n) is 6.61. The maximum atomic E-state index is 12.6.